The van der Waals surface area contributed by atoms with Gasteiger partial charge in [0.25, 0.3) is 5.56 Å². The first-order valence-corrected chi connectivity index (χ1v) is 5.30. The standard InChI is InChI=1S/C13H13FN2O/c1-8-6-10(7-15)13(17)16-12(8)9-2-4-11(14)5-3-9/h2-6H,7,15H2,1H3,(H,16,17). The highest BCUT2D eigenvalue weighted by atomic mass is 19.1. The maximum atomic E-state index is 12.8. The first-order valence-electron chi connectivity index (χ1n) is 5.30. The zero-order valence-electron chi connectivity index (χ0n) is 9.46. The molecule has 17 heavy (non-hydrogen) atoms. The van der Waals surface area contributed by atoms with Gasteiger partial charge < -0.3 is 10.7 Å². The van der Waals surface area contributed by atoms with Gasteiger partial charge in [-0.1, -0.05) is 0 Å². The molecule has 0 saturated heterocycles. The van der Waals surface area contributed by atoms with E-state index in [-0.39, 0.29) is 17.9 Å². The number of benzene rings is 1. The summed E-state index contributed by atoms with van der Waals surface area (Å²) in [5.74, 6) is -0.299. The van der Waals surface area contributed by atoms with Crippen molar-refractivity contribution >= 4 is 0 Å². The molecular formula is C13H13FN2O. The molecule has 1 heterocycles. The fraction of sp³-hybridized carbons (Fsp3) is 0.154. The summed E-state index contributed by atoms with van der Waals surface area (Å²) >= 11 is 0. The van der Waals surface area contributed by atoms with Gasteiger partial charge in [0.15, 0.2) is 0 Å². The number of pyridine rings is 1. The minimum atomic E-state index is -0.299. The van der Waals surface area contributed by atoms with Gasteiger partial charge in [-0.3, -0.25) is 4.79 Å². The number of rotatable bonds is 2. The molecule has 0 amide bonds. The van der Waals surface area contributed by atoms with Crippen molar-refractivity contribution in [1.29, 1.82) is 0 Å². The van der Waals surface area contributed by atoms with E-state index < -0.39 is 0 Å². The first-order chi connectivity index (χ1) is 8.11. The van der Waals surface area contributed by atoms with E-state index in [9.17, 15) is 9.18 Å². The molecule has 1 aromatic carbocycles. The molecule has 88 valence electrons. The number of aryl methyl sites for hydroxylation is 1. The quantitative estimate of drug-likeness (QED) is 0.831. The third-order valence-corrected chi connectivity index (χ3v) is 2.67. The van der Waals surface area contributed by atoms with Crippen LogP contribution in [-0.2, 0) is 6.54 Å². The van der Waals surface area contributed by atoms with Crippen LogP contribution in [0.1, 0.15) is 11.1 Å². The Hall–Kier alpha value is -1.94. The molecule has 3 N–H and O–H groups in total. The van der Waals surface area contributed by atoms with Crippen LogP contribution in [0.25, 0.3) is 11.3 Å². The second-order valence-electron chi connectivity index (χ2n) is 3.89. The minimum absolute atomic E-state index is 0.197. The number of H-pyrrole nitrogens is 1. The summed E-state index contributed by atoms with van der Waals surface area (Å²) in [6, 6.07) is 7.76. The number of halogens is 1. The molecule has 2 rings (SSSR count). The molecule has 0 aliphatic heterocycles. The molecule has 0 atom stereocenters. The lowest BCUT2D eigenvalue weighted by Gasteiger charge is -2.07. The third kappa shape index (κ3) is 2.26. The van der Waals surface area contributed by atoms with E-state index in [0.717, 1.165) is 11.1 Å². The molecule has 0 unspecified atom stereocenters. The van der Waals surface area contributed by atoms with Gasteiger partial charge in [0.1, 0.15) is 5.82 Å². The van der Waals surface area contributed by atoms with E-state index in [0.29, 0.717) is 11.3 Å². The van der Waals surface area contributed by atoms with Gasteiger partial charge in [-0.25, -0.2) is 4.39 Å². The number of aromatic nitrogens is 1. The smallest absolute Gasteiger partial charge is 0.252 e. The SMILES string of the molecule is Cc1cc(CN)c(=O)[nH]c1-c1ccc(F)cc1. The van der Waals surface area contributed by atoms with Gasteiger partial charge in [-0.15, -0.1) is 0 Å². The van der Waals surface area contributed by atoms with Crippen LogP contribution in [0.4, 0.5) is 4.39 Å². The van der Waals surface area contributed by atoms with Gasteiger partial charge in [0, 0.05) is 12.1 Å². The molecule has 0 bridgehead atoms. The molecule has 4 heteroatoms. The average molecular weight is 232 g/mol. The van der Waals surface area contributed by atoms with Gasteiger partial charge in [-0.05, 0) is 48.4 Å². The largest absolute Gasteiger partial charge is 0.326 e. The van der Waals surface area contributed by atoms with Crippen LogP contribution in [0, 0.1) is 12.7 Å². The fourth-order valence-corrected chi connectivity index (χ4v) is 1.76. The van der Waals surface area contributed by atoms with Gasteiger partial charge in [-0.2, -0.15) is 0 Å². The van der Waals surface area contributed by atoms with Gasteiger partial charge >= 0.3 is 0 Å². The van der Waals surface area contributed by atoms with E-state index in [1.165, 1.54) is 12.1 Å². The van der Waals surface area contributed by atoms with Crippen molar-refractivity contribution in [2.24, 2.45) is 5.73 Å². The number of hydrogen-bond acceptors (Lipinski definition) is 2. The Bertz CT molecular complexity index is 587. The second-order valence-corrected chi connectivity index (χ2v) is 3.89. The number of nitrogens with one attached hydrogen (secondary N) is 1. The lowest BCUT2D eigenvalue weighted by Crippen LogP contribution is -2.17. The summed E-state index contributed by atoms with van der Waals surface area (Å²) in [4.78, 5) is 14.4. The molecule has 0 radical (unpaired) electrons. The molecule has 0 aliphatic carbocycles. The second kappa shape index (κ2) is 4.51. The average Bonchev–Trinajstić information content (AvgIpc) is 2.33. The van der Waals surface area contributed by atoms with Crippen LogP contribution >= 0.6 is 0 Å². The van der Waals surface area contributed by atoms with Crippen LogP contribution in [0.5, 0.6) is 0 Å². The molecule has 0 saturated carbocycles. The number of hydrogen-bond donors (Lipinski definition) is 2. The van der Waals surface area contributed by atoms with Crippen LogP contribution in [0.15, 0.2) is 35.1 Å². The van der Waals surface area contributed by atoms with Crippen molar-refractivity contribution in [2.45, 2.75) is 13.5 Å². The third-order valence-electron chi connectivity index (χ3n) is 2.67. The Balaban J connectivity index is 2.56. The van der Waals surface area contributed by atoms with Crippen LogP contribution in [-0.4, -0.2) is 4.98 Å². The van der Waals surface area contributed by atoms with Crippen molar-refractivity contribution in [1.82, 2.24) is 4.98 Å². The monoisotopic (exact) mass is 232 g/mol. The highest BCUT2D eigenvalue weighted by Crippen LogP contribution is 2.20. The summed E-state index contributed by atoms with van der Waals surface area (Å²) in [7, 11) is 0. The zero-order valence-corrected chi connectivity index (χ0v) is 9.46. The lowest BCUT2D eigenvalue weighted by molar-refractivity contribution is 0.628. The highest BCUT2D eigenvalue weighted by molar-refractivity contribution is 5.62. The molecular weight excluding hydrogens is 219 g/mol. The van der Waals surface area contributed by atoms with Crippen LogP contribution in [0.3, 0.4) is 0 Å². The Morgan fingerprint density at radius 1 is 1.29 bits per heavy atom. The van der Waals surface area contributed by atoms with E-state index in [4.69, 9.17) is 5.73 Å². The van der Waals surface area contributed by atoms with Crippen LogP contribution < -0.4 is 11.3 Å². The lowest BCUT2D eigenvalue weighted by atomic mass is 10.1. The molecule has 3 nitrogen and oxygen atoms in total. The maximum Gasteiger partial charge on any atom is 0.252 e. The molecule has 0 spiro atoms. The van der Waals surface area contributed by atoms with E-state index >= 15 is 0 Å². The molecule has 1 aromatic heterocycles. The summed E-state index contributed by atoms with van der Waals surface area (Å²) in [6.45, 7) is 2.09. The van der Waals surface area contributed by atoms with E-state index in [2.05, 4.69) is 4.98 Å². The Morgan fingerprint density at radius 2 is 1.94 bits per heavy atom. The van der Waals surface area contributed by atoms with Crippen LogP contribution in [0.2, 0.25) is 0 Å². The van der Waals surface area contributed by atoms with Crippen molar-refractivity contribution < 1.29 is 4.39 Å². The summed E-state index contributed by atoms with van der Waals surface area (Å²) in [5, 5.41) is 0. The Kier molecular flexibility index (Phi) is 3.06. The normalized spacial score (nSPS) is 10.5. The van der Waals surface area contributed by atoms with E-state index in [1.807, 2.05) is 6.92 Å². The summed E-state index contributed by atoms with van der Waals surface area (Å²) in [6.07, 6.45) is 0. The fourth-order valence-electron chi connectivity index (χ4n) is 1.76. The van der Waals surface area contributed by atoms with E-state index in [1.54, 1.807) is 18.2 Å². The Labute approximate surface area is 98.1 Å². The molecule has 0 fully saturated rings. The summed E-state index contributed by atoms with van der Waals surface area (Å²) < 4.78 is 12.8. The van der Waals surface area contributed by atoms with Crippen molar-refractivity contribution in [3.8, 4) is 11.3 Å². The molecule has 2 aromatic rings. The number of nitrogens with two attached hydrogens (primary N) is 1. The zero-order chi connectivity index (χ0) is 12.4. The van der Waals surface area contributed by atoms with Crippen molar-refractivity contribution in [2.75, 3.05) is 0 Å². The summed E-state index contributed by atoms with van der Waals surface area (Å²) in [5.41, 5.74) is 8.21. The number of aromatic amines is 1. The minimum Gasteiger partial charge on any atom is -0.326 e. The van der Waals surface area contributed by atoms with Crippen molar-refractivity contribution in [3.05, 3.63) is 57.6 Å². The highest BCUT2D eigenvalue weighted by Gasteiger charge is 2.06. The molecule has 0 aliphatic rings. The topological polar surface area (TPSA) is 58.9 Å². The van der Waals surface area contributed by atoms with Gasteiger partial charge in [0.05, 0.1) is 5.69 Å². The predicted molar refractivity (Wildman–Crippen MR) is 65.1 cm³/mol. The predicted octanol–water partition coefficient (Wildman–Crippen LogP) is 1.95. The Morgan fingerprint density at radius 3 is 2.53 bits per heavy atom. The maximum absolute atomic E-state index is 12.8. The first kappa shape index (κ1) is 11.5. The van der Waals surface area contributed by atoms with Crippen molar-refractivity contribution in [3.63, 3.8) is 0 Å². The van der Waals surface area contributed by atoms with Gasteiger partial charge in [0.2, 0.25) is 0 Å².